The lowest BCUT2D eigenvalue weighted by molar-refractivity contribution is -0.390. The smallest absolute Gasteiger partial charge is 0.405 e. The maximum Gasteiger partial charge on any atom is 0.573 e. The van der Waals surface area contributed by atoms with Crippen LogP contribution in [-0.4, -0.2) is 16.3 Å². The van der Waals surface area contributed by atoms with Crippen LogP contribution in [0.2, 0.25) is 0 Å². The Hall–Kier alpha value is -2.07. The topological polar surface area (TPSA) is 65.3 Å². The van der Waals surface area contributed by atoms with Crippen molar-refractivity contribution in [1.82, 2.24) is 4.98 Å². The van der Waals surface area contributed by atoms with Gasteiger partial charge in [0.25, 0.3) is 6.43 Å². The molecule has 1 aromatic heterocycles. The van der Waals surface area contributed by atoms with Crippen LogP contribution in [0.25, 0.3) is 0 Å². The number of rotatable bonds is 3. The molecule has 1 aromatic rings. The zero-order valence-electron chi connectivity index (χ0n) is 8.04. The molecule has 0 aliphatic heterocycles. The maximum atomic E-state index is 13.0. The molecule has 0 amide bonds. The van der Waals surface area contributed by atoms with Crippen LogP contribution in [0.5, 0.6) is 5.75 Å². The lowest BCUT2D eigenvalue weighted by atomic mass is 10.2. The summed E-state index contributed by atoms with van der Waals surface area (Å²) in [6.45, 7) is 0. The lowest BCUT2D eigenvalue weighted by Crippen LogP contribution is -2.19. The van der Waals surface area contributed by atoms with E-state index in [1.54, 1.807) is 0 Å². The van der Waals surface area contributed by atoms with Crippen molar-refractivity contribution in [1.29, 1.82) is 0 Å². The molecule has 0 unspecified atom stereocenters. The first-order valence-electron chi connectivity index (χ1n) is 4.00. The highest BCUT2D eigenvalue weighted by Crippen LogP contribution is 2.36. The molecule has 100 valence electrons. The zero-order valence-corrected chi connectivity index (χ0v) is 8.04. The van der Waals surface area contributed by atoms with Crippen molar-refractivity contribution >= 4 is 5.82 Å². The van der Waals surface area contributed by atoms with Gasteiger partial charge in [-0.15, -0.1) is 13.2 Å². The minimum absolute atomic E-state index is 0.0297. The van der Waals surface area contributed by atoms with Gasteiger partial charge in [-0.05, 0) is 9.91 Å². The Balaban J connectivity index is 3.38. The van der Waals surface area contributed by atoms with Gasteiger partial charge in [-0.25, -0.2) is 8.78 Å². The van der Waals surface area contributed by atoms with Gasteiger partial charge in [0.05, 0.1) is 6.07 Å². The van der Waals surface area contributed by atoms with Crippen molar-refractivity contribution in [3.05, 3.63) is 27.7 Å². The third-order valence-electron chi connectivity index (χ3n) is 1.59. The number of hydrogen-bond acceptors (Lipinski definition) is 4. The molecule has 0 aromatic carbocycles. The lowest BCUT2D eigenvalue weighted by Gasteiger charge is -2.11. The highest BCUT2D eigenvalue weighted by atomic mass is 19.4. The molecular weight excluding hydrogens is 274 g/mol. The van der Waals surface area contributed by atoms with Crippen LogP contribution in [0.3, 0.4) is 0 Å². The predicted octanol–water partition coefficient (Wildman–Crippen LogP) is 2.97. The summed E-state index contributed by atoms with van der Waals surface area (Å²) in [7, 11) is 0. The van der Waals surface area contributed by atoms with Crippen molar-refractivity contribution < 1.29 is 36.0 Å². The molecule has 0 aliphatic carbocycles. The monoisotopic (exact) mass is 276 g/mol. The van der Waals surface area contributed by atoms with E-state index in [-0.39, 0.29) is 6.07 Å². The van der Waals surface area contributed by atoms with Crippen LogP contribution in [0.1, 0.15) is 12.0 Å². The molecule has 0 aliphatic rings. The number of alkyl halides is 5. The molecule has 0 N–H and O–H groups in total. The molecule has 0 bridgehead atoms. The molecule has 18 heavy (non-hydrogen) atoms. The van der Waals surface area contributed by atoms with E-state index < -0.39 is 40.8 Å². The van der Waals surface area contributed by atoms with Gasteiger partial charge in [-0.3, -0.25) is 0 Å². The van der Waals surface area contributed by atoms with Gasteiger partial charge in [-0.2, -0.15) is 4.39 Å². The number of nitrogens with zero attached hydrogens (tertiary/aromatic N) is 2. The molecule has 1 heterocycles. The van der Waals surface area contributed by atoms with E-state index in [2.05, 4.69) is 9.72 Å². The Bertz CT molecular complexity index is 475. The average molecular weight is 276 g/mol. The van der Waals surface area contributed by atoms with E-state index in [0.29, 0.717) is 0 Å². The summed E-state index contributed by atoms with van der Waals surface area (Å²) in [5.41, 5.74) is -1.79. The normalized spacial score (nSPS) is 11.7. The first kappa shape index (κ1) is 14.0. The molecule has 0 saturated heterocycles. The first-order chi connectivity index (χ1) is 8.11. The molecule has 0 spiro atoms. The predicted molar refractivity (Wildman–Crippen MR) is 42.5 cm³/mol. The molecule has 0 saturated carbocycles. The Morgan fingerprint density at radius 1 is 1.39 bits per heavy atom. The second-order valence-corrected chi connectivity index (χ2v) is 2.79. The minimum Gasteiger partial charge on any atom is -0.405 e. The Morgan fingerprint density at radius 2 is 1.94 bits per heavy atom. The molecule has 5 nitrogen and oxygen atoms in total. The van der Waals surface area contributed by atoms with E-state index >= 15 is 0 Å². The summed E-state index contributed by atoms with van der Waals surface area (Å²) < 4.78 is 76.3. The van der Waals surface area contributed by atoms with Gasteiger partial charge in [0.2, 0.25) is 0 Å². The largest absolute Gasteiger partial charge is 0.573 e. The SMILES string of the molecule is O=[N+]([O-])c1cc(OC(F)(F)F)c(C(F)F)c(F)n1. The summed E-state index contributed by atoms with van der Waals surface area (Å²) in [5, 5.41) is 10.2. The van der Waals surface area contributed by atoms with Crippen LogP contribution in [0, 0.1) is 16.1 Å². The average Bonchev–Trinajstić information content (AvgIpc) is 2.12. The standard InChI is InChI=1S/C7H2F6N2O3/c8-5(9)4-2(18-7(11,12)13)1-3(15(16)17)14-6(4)10/h1,5H. The van der Waals surface area contributed by atoms with Gasteiger partial charge in [-0.1, -0.05) is 0 Å². The van der Waals surface area contributed by atoms with Crippen LogP contribution in [-0.2, 0) is 0 Å². The molecule has 0 fully saturated rings. The highest BCUT2D eigenvalue weighted by Gasteiger charge is 2.37. The van der Waals surface area contributed by atoms with Gasteiger partial charge in [0, 0.05) is 0 Å². The fraction of sp³-hybridized carbons (Fsp3) is 0.286. The molecule has 11 heteroatoms. The van der Waals surface area contributed by atoms with Gasteiger partial charge < -0.3 is 14.9 Å². The van der Waals surface area contributed by atoms with E-state index in [0.717, 1.165) is 0 Å². The molecular formula is C7H2F6N2O3. The number of ether oxygens (including phenoxy) is 1. The van der Waals surface area contributed by atoms with Gasteiger partial charge in [0.1, 0.15) is 5.56 Å². The molecule has 0 radical (unpaired) electrons. The maximum absolute atomic E-state index is 13.0. The van der Waals surface area contributed by atoms with E-state index in [1.165, 1.54) is 0 Å². The first-order valence-corrected chi connectivity index (χ1v) is 4.00. The van der Waals surface area contributed by atoms with Gasteiger partial charge >= 0.3 is 18.1 Å². The molecule has 1 rings (SSSR count). The fourth-order valence-corrected chi connectivity index (χ4v) is 0.990. The second-order valence-electron chi connectivity index (χ2n) is 2.79. The highest BCUT2D eigenvalue weighted by molar-refractivity contribution is 5.40. The van der Waals surface area contributed by atoms with Crippen LogP contribution >= 0.6 is 0 Å². The second kappa shape index (κ2) is 4.66. The summed E-state index contributed by atoms with van der Waals surface area (Å²) in [4.78, 5) is 11.4. The van der Waals surface area contributed by atoms with E-state index in [1.807, 2.05) is 0 Å². The summed E-state index contributed by atoms with van der Waals surface area (Å²) in [6.07, 6.45) is -9.07. The van der Waals surface area contributed by atoms with Crippen molar-refractivity contribution in [3.63, 3.8) is 0 Å². The summed E-state index contributed by atoms with van der Waals surface area (Å²) in [5.74, 6) is -5.17. The van der Waals surface area contributed by atoms with Crippen LogP contribution < -0.4 is 4.74 Å². The number of nitro groups is 1. The number of aromatic nitrogens is 1. The number of halogens is 6. The third-order valence-corrected chi connectivity index (χ3v) is 1.59. The number of hydrogen-bond donors (Lipinski definition) is 0. The Morgan fingerprint density at radius 3 is 2.33 bits per heavy atom. The fourth-order valence-electron chi connectivity index (χ4n) is 0.990. The quantitative estimate of drug-likeness (QED) is 0.368. The van der Waals surface area contributed by atoms with Crippen molar-refractivity contribution in [2.45, 2.75) is 12.8 Å². The third kappa shape index (κ3) is 3.21. The number of pyridine rings is 1. The van der Waals surface area contributed by atoms with Crippen LogP contribution in [0.15, 0.2) is 6.07 Å². The van der Waals surface area contributed by atoms with Crippen molar-refractivity contribution in [3.8, 4) is 5.75 Å². The Kier molecular flexibility index (Phi) is 3.62. The van der Waals surface area contributed by atoms with Crippen molar-refractivity contribution in [2.75, 3.05) is 0 Å². The van der Waals surface area contributed by atoms with E-state index in [4.69, 9.17) is 0 Å². The van der Waals surface area contributed by atoms with Crippen LogP contribution in [0.4, 0.5) is 32.2 Å². The van der Waals surface area contributed by atoms with Crippen molar-refractivity contribution in [2.24, 2.45) is 0 Å². The Labute approximate surface area is 94.1 Å². The zero-order chi connectivity index (χ0) is 14.1. The van der Waals surface area contributed by atoms with Gasteiger partial charge in [0.15, 0.2) is 5.75 Å². The molecule has 0 atom stereocenters. The van der Waals surface area contributed by atoms with E-state index in [9.17, 15) is 36.5 Å². The summed E-state index contributed by atoms with van der Waals surface area (Å²) >= 11 is 0. The minimum atomic E-state index is -5.40. The summed E-state index contributed by atoms with van der Waals surface area (Å²) in [6, 6.07) is -0.0297.